The summed E-state index contributed by atoms with van der Waals surface area (Å²) in [6.45, 7) is 6.27. The summed E-state index contributed by atoms with van der Waals surface area (Å²) in [6, 6.07) is 18.0. The Hall–Kier alpha value is -3.28. The highest BCUT2D eigenvalue weighted by Gasteiger charge is 2.28. The van der Waals surface area contributed by atoms with E-state index in [-0.39, 0.29) is 11.8 Å². The van der Waals surface area contributed by atoms with Crippen LogP contribution in [0, 0.1) is 0 Å². The van der Waals surface area contributed by atoms with Gasteiger partial charge in [-0.15, -0.1) is 0 Å². The summed E-state index contributed by atoms with van der Waals surface area (Å²) in [5, 5.41) is 7.57. The number of amides is 1. The minimum absolute atomic E-state index is 0.154. The van der Waals surface area contributed by atoms with E-state index in [4.69, 9.17) is 9.47 Å². The Morgan fingerprint density at radius 2 is 1.84 bits per heavy atom. The third kappa shape index (κ3) is 5.31. The molecule has 6 nitrogen and oxygen atoms in total. The van der Waals surface area contributed by atoms with Crippen LogP contribution in [0.1, 0.15) is 54.6 Å². The molecular weight excluding hydrogens is 402 g/mol. The van der Waals surface area contributed by atoms with Crippen LogP contribution in [0.5, 0.6) is 11.5 Å². The van der Waals surface area contributed by atoms with Crippen molar-refractivity contribution in [2.45, 2.75) is 45.1 Å². The van der Waals surface area contributed by atoms with E-state index in [1.165, 1.54) is 5.56 Å². The number of ether oxygens (including phenoxy) is 2. The van der Waals surface area contributed by atoms with Gasteiger partial charge in [0.1, 0.15) is 18.1 Å². The fraction of sp³-hybridized carbons (Fsp3) is 0.385. The van der Waals surface area contributed by atoms with Gasteiger partial charge < -0.3 is 14.4 Å². The molecule has 2 heterocycles. The molecule has 168 valence electrons. The molecule has 1 saturated heterocycles. The van der Waals surface area contributed by atoms with Crippen LogP contribution in [-0.4, -0.2) is 41.2 Å². The third-order valence-electron chi connectivity index (χ3n) is 6.07. The summed E-state index contributed by atoms with van der Waals surface area (Å²) >= 11 is 0. The molecule has 6 heteroatoms. The largest absolute Gasteiger partial charge is 0.497 e. The number of H-pyrrole nitrogens is 1. The molecule has 0 aliphatic carbocycles. The molecule has 32 heavy (non-hydrogen) atoms. The van der Waals surface area contributed by atoms with Crippen LogP contribution in [0.3, 0.4) is 0 Å². The van der Waals surface area contributed by atoms with E-state index in [9.17, 15) is 4.79 Å². The van der Waals surface area contributed by atoms with Gasteiger partial charge in [-0.25, -0.2) is 0 Å². The topological polar surface area (TPSA) is 67.4 Å². The molecule has 1 N–H and O–H groups in total. The summed E-state index contributed by atoms with van der Waals surface area (Å²) in [6.07, 6.45) is 1.34. The Bertz CT molecular complexity index is 1030. The van der Waals surface area contributed by atoms with Gasteiger partial charge in [0.25, 0.3) is 0 Å². The van der Waals surface area contributed by atoms with Gasteiger partial charge in [0.2, 0.25) is 5.91 Å². The summed E-state index contributed by atoms with van der Waals surface area (Å²) in [5.74, 6) is 2.56. The van der Waals surface area contributed by atoms with E-state index in [0.717, 1.165) is 41.4 Å². The van der Waals surface area contributed by atoms with Gasteiger partial charge >= 0.3 is 0 Å². The molecule has 1 aliphatic rings. The van der Waals surface area contributed by atoms with Crippen LogP contribution in [-0.2, 0) is 17.8 Å². The summed E-state index contributed by atoms with van der Waals surface area (Å²) in [4.78, 5) is 14.7. The number of methoxy groups -OCH3 is 1. The lowest BCUT2D eigenvalue weighted by Gasteiger charge is -2.16. The molecule has 0 radical (unpaired) electrons. The van der Waals surface area contributed by atoms with Gasteiger partial charge in [0.05, 0.1) is 24.9 Å². The minimum atomic E-state index is 0.154. The lowest BCUT2D eigenvalue weighted by atomic mass is 10.0. The minimum Gasteiger partial charge on any atom is -0.497 e. The number of benzene rings is 2. The van der Waals surface area contributed by atoms with Crippen molar-refractivity contribution >= 4 is 5.91 Å². The monoisotopic (exact) mass is 433 g/mol. The van der Waals surface area contributed by atoms with Crippen LogP contribution >= 0.6 is 0 Å². The van der Waals surface area contributed by atoms with Crippen molar-refractivity contribution < 1.29 is 14.3 Å². The van der Waals surface area contributed by atoms with Crippen molar-refractivity contribution in [3.8, 4) is 11.5 Å². The molecule has 2 aromatic carbocycles. The van der Waals surface area contributed by atoms with Gasteiger partial charge in [0, 0.05) is 19.0 Å². The zero-order valence-electron chi connectivity index (χ0n) is 19.0. The summed E-state index contributed by atoms with van der Waals surface area (Å²) in [7, 11) is 1.64. The van der Waals surface area contributed by atoms with Crippen molar-refractivity contribution in [1.82, 2.24) is 15.1 Å². The number of aromatic amines is 1. The fourth-order valence-corrected chi connectivity index (χ4v) is 4.03. The number of rotatable bonds is 8. The molecule has 4 rings (SSSR count). The number of carbonyl (C=O) groups is 1. The second-order valence-corrected chi connectivity index (χ2v) is 8.68. The van der Waals surface area contributed by atoms with Gasteiger partial charge in [-0.05, 0) is 53.8 Å². The first-order valence-electron chi connectivity index (χ1n) is 11.2. The summed E-state index contributed by atoms with van der Waals surface area (Å²) < 4.78 is 11.1. The van der Waals surface area contributed by atoms with Crippen molar-refractivity contribution in [3.63, 3.8) is 0 Å². The van der Waals surface area contributed by atoms with E-state index >= 15 is 0 Å². The van der Waals surface area contributed by atoms with Crippen molar-refractivity contribution in [2.24, 2.45) is 0 Å². The predicted octanol–water partition coefficient (Wildman–Crippen LogP) is 4.68. The molecule has 1 aromatic heterocycles. The summed E-state index contributed by atoms with van der Waals surface area (Å²) in [5.41, 5.74) is 4.24. The lowest BCUT2D eigenvalue weighted by Crippen LogP contribution is -2.29. The average molecular weight is 434 g/mol. The number of hydrogen-bond acceptors (Lipinski definition) is 4. The molecule has 1 fully saturated rings. The number of nitrogens with one attached hydrogen (secondary N) is 1. The molecule has 1 aliphatic heterocycles. The van der Waals surface area contributed by atoms with E-state index in [0.29, 0.717) is 25.5 Å². The second kappa shape index (κ2) is 9.90. The third-order valence-corrected chi connectivity index (χ3v) is 6.07. The van der Waals surface area contributed by atoms with Crippen LogP contribution in [0.25, 0.3) is 0 Å². The van der Waals surface area contributed by atoms with E-state index < -0.39 is 0 Å². The maximum absolute atomic E-state index is 12.7. The van der Waals surface area contributed by atoms with Gasteiger partial charge in [0.15, 0.2) is 0 Å². The molecular formula is C26H31N3O3. The zero-order chi connectivity index (χ0) is 22.5. The molecule has 0 unspecified atom stereocenters. The van der Waals surface area contributed by atoms with Gasteiger partial charge in [-0.3, -0.25) is 9.89 Å². The Balaban J connectivity index is 1.28. The van der Waals surface area contributed by atoms with E-state index in [2.05, 4.69) is 42.2 Å². The second-order valence-electron chi connectivity index (χ2n) is 8.68. The SMILES string of the molecule is COc1ccc(CC(=O)N2CC[C@@H](c3cc(COc4ccc(C(C)C)cc4)[nH]n3)C2)cc1. The van der Waals surface area contributed by atoms with Crippen molar-refractivity contribution in [2.75, 3.05) is 20.2 Å². The number of hydrogen-bond donors (Lipinski definition) is 1. The quantitative estimate of drug-likeness (QED) is 0.560. The highest BCUT2D eigenvalue weighted by atomic mass is 16.5. The predicted molar refractivity (Wildman–Crippen MR) is 124 cm³/mol. The number of likely N-dealkylation sites (tertiary alicyclic amines) is 1. The molecule has 3 aromatic rings. The highest BCUT2D eigenvalue weighted by molar-refractivity contribution is 5.79. The first kappa shape index (κ1) is 21.9. The lowest BCUT2D eigenvalue weighted by molar-refractivity contribution is -0.129. The zero-order valence-corrected chi connectivity index (χ0v) is 19.0. The maximum atomic E-state index is 12.7. The molecule has 0 saturated carbocycles. The smallest absolute Gasteiger partial charge is 0.227 e. The first-order valence-corrected chi connectivity index (χ1v) is 11.2. The van der Waals surface area contributed by atoms with Gasteiger partial charge in [-0.2, -0.15) is 5.10 Å². The number of aromatic nitrogens is 2. The Morgan fingerprint density at radius 1 is 1.12 bits per heavy atom. The van der Waals surface area contributed by atoms with Crippen LogP contribution in [0.15, 0.2) is 54.6 Å². The Labute approximate surface area is 189 Å². The molecule has 0 spiro atoms. The maximum Gasteiger partial charge on any atom is 0.227 e. The molecule has 1 amide bonds. The fourth-order valence-electron chi connectivity index (χ4n) is 4.03. The molecule has 1 atom stereocenters. The standard InChI is InChI=1S/C26H31N3O3/c1-18(2)20-6-10-24(11-7-20)32-17-22-15-25(28-27-22)21-12-13-29(16-21)26(30)14-19-4-8-23(31-3)9-5-19/h4-11,15,18,21H,12-14,16-17H2,1-3H3,(H,27,28)/t21-/m1/s1. The first-order chi connectivity index (χ1) is 15.5. The van der Waals surface area contributed by atoms with Crippen LogP contribution in [0.4, 0.5) is 0 Å². The van der Waals surface area contributed by atoms with E-state index in [1.807, 2.05) is 41.3 Å². The van der Waals surface area contributed by atoms with Crippen molar-refractivity contribution in [3.05, 3.63) is 77.1 Å². The normalized spacial score (nSPS) is 15.9. The Morgan fingerprint density at radius 3 is 2.53 bits per heavy atom. The Kier molecular flexibility index (Phi) is 6.78. The highest BCUT2D eigenvalue weighted by Crippen LogP contribution is 2.27. The van der Waals surface area contributed by atoms with Crippen LogP contribution in [0.2, 0.25) is 0 Å². The number of carbonyl (C=O) groups excluding carboxylic acids is 1. The van der Waals surface area contributed by atoms with E-state index in [1.54, 1.807) is 7.11 Å². The van der Waals surface area contributed by atoms with Gasteiger partial charge in [-0.1, -0.05) is 38.1 Å². The average Bonchev–Trinajstić information content (AvgIpc) is 3.48. The van der Waals surface area contributed by atoms with Crippen molar-refractivity contribution in [1.29, 1.82) is 0 Å². The molecule has 0 bridgehead atoms. The van der Waals surface area contributed by atoms with Crippen LogP contribution < -0.4 is 9.47 Å². The number of nitrogens with zero attached hydrogens (tertiary/aromatic N) is 2.